The van der Waals surface area contributed by atoms with Crippen LogP contribution in [0.5, 0.6) is 0 Å². The first-order valence-electron chi connectivity index (χ1n) is 6.20. The fourth-order valence-electron chi connectivity index (χ4n) is 2.40. The number of furan rings is 1. The summed E-state index contributed by atoms with van der Waals surface area (Å²) in [5.74, 6) is 0. The summed E-state index contributed by atoms with van der Waals surface area (Å²) in [4.78, 5) is 0. The highest BCUT2D eigenvalue weighted by Gasteiger charge is 2.28. The predicted octanol–water partition coefficient (Wildman–Crippen LogP) is 3.35. The van der Waals surface area contributed by atoms with Gasteiger partial charge in [0.05, 0.1) is 6.10 Å². The van der Waals surface area contributed by atoms with Gasteiger partial charge in [-0.3, -0.25) is 0 Å². The van der Waals surface area contributed by atoms with Gasteiger partial charge in [0.25, 0.3) is 0 Å². The molecule has 3 nitrogen and oxygen atoms in total. The fraction of sp³-hybridized carbons (Fsp3) is 0.429. The van der Waals surface area contributed by atoms with E-state index in [1.807, 2.05) is 24.3 Å². The highest BCUT2D eigenvalue weighted by molar-refractivity contribution is 6.30. The van der Waals surface area contributed by atoms with Crippen LogP contribution in [0.3, 0.4) is 0 Å². The molecule has 1 aromatic heterocycles. The molecule has 1 saturated carbocycles. The van der Waals surface area contributed by atoms with Crippen LogP contribution >= 0.6 is 11.6 Å². The molecule has 3 rings (SSSR count). The third-order valence-corrected chi connectivity index (χ3v) is 3.95. The molecule has 2 aromatic rings. The summed E-state index contributed by atoms with van der Waals surface area (Å²) in [7, 11) is 1.77. The van der Waals surface area contributed by atoms with Gasteiger partial charge in [-0.25, -0.2) is 0 Å². The maximum Gasteiger partial charge on any atom is 0.199 e. The summed E-state index contributed by atoms with van der Waals surface area (Å²) in [6.45, 7) is 0.747. The van der Waals surface area contributed by atoms with Crippen LogP contribution in [0, 0.1) is 0 Å². The van der Waals surface area contributed by atoms with Crippen molar-refractivity contribution in [1.82, 2.24) is 5.32 Å². The van der Waals surface area contributed by atoms with Crippen molar-refractivity contribution >= 4 is 22.6 Å². The van der Waals surface area contributed by atoms with Gasteiger partial charge in [0.1, 0.15) is 5.58 Å². The second-order valence-electron chi connectivity index (χ2n) is 4.76. The summed E-state index contributed by atoms with van der Waals surface area (Å²) in [5, 5.41) is 5.08. The van der Waals surface area contributed by atoms with E-state index in [0.717, 1.165) is 35.9 Å². The zero-order valence-electron chi connectivity index (χ0n) is 10.3. The maximum absolute atomic E-state index is 6.14. The molecular weight excluding hydrogens is 250 g/mol. The van der Waals surface area contributed by atoms with Crippen LogP contribution < -0.4 is 5.32 Å². The van der Waals surface area contributed by atoms with Gasteiger partial charge < -0.3 is 14.5 Å². The molecule has 1 aliphatic carbocycles. The smallest absolute Gasteiger partial charge is 0.199 e. The highest BCUT2D eigenvalue weighted by Crippen LogP contribution is 2.30. The van der Waals surface area contributed by atoms with Crippen molar-refractivity contribution in [3.05, 3.63) is 35.0 Å². The minimum atomic E-state index is 0.416. The molecular formula is C14H16ClNO2. The molecule has 0 radical (unpaired) electrons. The van der Waals surface area contributed by atoms with E-state index in [9.17, 15) is 0 Å². The zero-order valence-corrected chi connectivity index (χ0v) is 11.0. The van der Waals surface area contributed by atoms with E-state index < -0.39 is 0 Å². The van der Waals surface area contributed by atoms with Gasteiger partial charge in [0.2, 0.25) is 0 Å². The number of rotatable bonds is 4. The zero-order chi connectivity index (χ0) is 12.5. The van der Waals surface area contributed by atoms with Gasteiger partial charge in [-0.2, -0.15) is 0 Å². The quantitative estimate of drug-likeness (QED) is 0.921. The Labute approximate surface area is 111 Å². The lowest BCUT2D eigenvalue weighted by Crippen LogP contribution is -2.44. The third kappa shape index (κ3) is 2.14. The first kappa shape index (κ1) is 12.0. The van der Waals surface area contributed by atoms with E-state index in [1.165, 1.54) is 0 Å². The number of nitrogens with one attached hydrogen (secondary N) is 1. The number of halogens is 1. The van der Waals surface area contributed by atoms with Crippen LogP contribution in [0.4, 0.5) is 0 Å². The van der Waals surface area contributed by atoms with Crippen LogP contribution in [-0.2, 0) is 11.3 Å². The minimum Gasteiger partial charge on any atom is -0.444 e. The van der Waals surface area contributed by atoms with Crippen molar-refractivity contribution < 1.29 is 9.15 Å². The molecule has 1 heterocycles. The summed E-state index contributed by atoms with van der Waals surface area (Å²) in [6.07, 6.45) is 2.56. The van der Waals surface area contributed by atoms with E-state index in [2.05, 4.69) is 5.32 Å². The Morgan fingerprint density at radius 3 is 2.94 bits per heavy atom. The molecule has 0 aliphatic heterocycles. The lowest BCUT2D eigenvalue weighted by atomic mass is 9.89. The Morgan fingerprint density at radius 2 is 2.17 bits per heavy atom. The maximum atomic E-state index is 6.14. The van der Waals surface area contributed by atoms with Gasteiger partial charge in [0.15, 0.2) is 5.22 Å². The monoisotopic (exact) mass is 265 g/mol. The molecule has 0 atom stereocenters. The van der Waals surface area contributed by atoms with Crippen molar-refractivity contribution in [3.63, 3.8) is 0 Å². The molecule has 0 bridgehead atoms. The van der Waals surface area contributed by atoms with Crippen molar-refractivity contribution in [3.8, 4) is 0 Å². The molecule has 0 amide bonds. The van der Waals surface area contributed by atoms with E-state index in [4.69, 9.17) is 20.8 Å². The van der Waals surface area contributed by atoms with E-state index >= 15 is 0 Å². The molecule has 1 aromatic carbocycles. The number of para-hydroxylation sites is 1. The molecule has 0 spiro atoms. The Bertz CT molecular complexity index is 546. The van der Waals surface area contributed by atoms with Crippen LogP contribution in [-0.4, -0.2) is 19.3 Å². The second-order valence-corrected chi connectivity index (χ2v) is 5.10. The average Bonchev–Trinajstić information content (AvgIpc) is 2.64. The second kappa shape index (κ2) is 4.92. The summed E-state index contributed by atoms with van der Waals surface area (Å²) < 4.78 is 10.8. The summed E-state index contributed by atoms with van der Waals surface area (Å²) >= 11 is 6.14. The Kier molecular flexibility index (Phi) is 3.29. The summed E-state index contributed by atoms with van der Waals surface area (Å²) in [6, 6.07) is 8.46. The van der Waals surface area contributed by atoms with E-state index in [-0.39, 0.29) is 0 Å². The molecule has 18 heavy (non-hydrogen) atoms. The molecule has 1 N–H and O–H groups in total. The van der Waals surface area contributed by atoms with E-state index in [0.29, 0.717) is 17.4 Å². The molecule has 96 valence electrons. The van der Waals surface area contributed by atoms with E-state index in [1.54, 1.807) is 7.11 Å². The lowest BCUT2D eigenvalue weighted by molar-refractivity contribution is 0.0170. The van der Waals surface area contributed by atoms with Crippen LogP contribution in [0.15, 0.2) is 28.7 Å². The van der Waals surface area contributed by atoms with Gasteiger partial charge in [-0.1, -0.05) is 18.2 Å². The van der Waals surface area contributed by atoms with Crippen LogP contribution in [0.2, 0.25) is 5.22 Å². The molecule has 0 unspecified atom stereocenters. The molecule has 4 heteroatoms. The molecule has 1 fully saturated rings. The number of hydrogen-bond acceptors (Lipinski definition) is 3. The summed E-state index contributed by atoms with van der Waals surface area (Å²) in [5.41, 5.74) is 1.90. The lowest BCUT2D eigenvalue weighted by Gasteiger charge is -2.34. The molecule has 0 saturated heterocycles. The van der Waals surface area contributed by atoms with Gasteiger partial charge >= 0.3 is 0 Å². The number of benzene rings is 1. The standard InChI is InChI=1S/C14H16ClNO2/c1-17-10-6-9(7-10)16-8-12-11-4-2-3-5-13(11)18-14(12)15/h2-5,9-10,16H,6-8H2,1H3. The molecule has 1 aliphatic rings. The van der Waals surface area contributed by atoms with Crippen molar-refractivity contribution in [2.24, 2.45) is 0 Å². The Morgan fingerprint density at radius 1 is 1.39 bits per heavy atom. The third-order valence-electron chi connectivity index (χ3n) is 3.64. The van der Waals surface area contributed by atoms with Crippen molar-refractivity contribution in [2.75, 3.05) is 7.11 Å². The Hall–Kier alpha value is -1.03. The van der Waals surface area contributed by atoms with Crippen molar-refractivity contribution in [2.45, 2.75) is 31.5 Å². The predicted molar refractivity (Wildman–Crippen MR) is 71.9 cm³/mol. The first-order valence-corrected chi connectivity index (χ1v) is 6.58. The van der Waals surface area contributed by atoms with Gasteiger partial charge in [-0.05, 0) is 30.5 Å². The minimum absolute atomic E-state index is 0.416. The van der Waals surface area contributed by atoms with Gasteiger partial charge in [0, 0.05) is 30.6 Å². The number of ether oxygens (including phenoxy) is 1. The fourth-order valence-corrected chi connectivity index (χ4v) is 2.66. The SMILES string of the molecule is COC1CC(NCc2c(Cl)oc3ccccc23)C1. The Balaban J connectivity index is 1.69. The van der Waals surface area contributed by atoms with Crippen LogP contribution in [0.1, 0.15) is 18.4 Å². The topological polar surface area (TPSA) is 34.4 Å². The van der Waals surface area contributed by atoms with Crippen LogP contribution in [0.25, 0.3) is 11.0 Å². The number of fused-ring (bicyclic) bond motifs is 1. The van der Waals surface area contributed by atoms with Crippen molar-refractivity contribution in [1.29, 1.82) is 0 Å². The largest absolute Gasteiger partial charge is 0.444 e. The normalized spacial score (nSPS) is 23.2. The number of methoxy groups -OCH3 is 1. The highest BCUT2D eigenvalue weighted by atomic mass is 35.5. The number of hydrogen-bond donors (Lipinski definition) is 1. The average molecular weight is 266 g/mol. The van der Waals surface area contributed by atoms with Gasteiger partial charge in [-0.15, -0.1) is 0 Å². The first-order chi connectivity index (χ1) is 8.78.